The van der Waals surface area contributed by atoms with E-state index >= 15 is 0 Å². The second-order valence-electron chi connectivity index (χ2n) is 3.56. The highest BCUT2D eigenvalue weighted by Crippen LogP contribution is 2.08. The van der Waals surface area contributed by atoms with Crippen LogP contribution in [0.2, 0.25) is 0 Å². The quantitative estimate of drug-likeness (QED) is 0.663. The van der Waals surface area contributed by atoms with Crippen LogP contribution in [0.3, 0.4) is 0 Å². The predicted molar refractivity (Wildman–Crippen MR) is 59.1 cm³/mol. The van der Waals surface area contributed by atoms with E-state index in [4.69, 9.17) is 5.11 Å². The Morgan fingerprint density at radius 3 is 2.64 bits per heavy atom. The molecule has 0 radical (unpaired) electrons. The zero-order valence-corrected chi connectivity index (χ0v) is 9.29. The lowest BCUT2D eigenvalue weighted by Gasteiger charge is -2.03. The van der Waals surface area contributed by atoms with Crippen molar-refractivity contribution in [3.63, 3.8) is 0 Å². The Bertz CT molecular complexity index is 226. The molecule has 0 aliphatic heterocycles. The van der Waals surface area contributed by atoms with Crippen molar-refractivity contribution < 1.29 is 9.90 Å². The molecule has 0 saturated carbocycles. The number of Topliss-reactive ketones (excluding diaryl/α,β-unsaturated/α-hetero) is 1. The van der Waals surface area contributed by atoms with Crippen molar-refractivity contribution in [2.75, 3.05) is 6.61 Å². The summed E-state index contributed by atoms with van der Waals surface area (Å²) >= 11 is 0. The molecule has 80 valence electrons. The normalized spacial score (nSPS) is 14.7. The van der Waals surface area contributed by atoms with Gasteiger partial charge in [-0.25, -0.2) is 0 Å². The molecule has 0 aromatic carbocycles. The summed E-state index contributed by atoms with van der Waals surface area (Å²) in [6.07, 6.45) is 6.92. The molecule has 14 heavy (non-hydrogen) atoms. The molecule has 0 saturated heterocycles. The Morgan fingerprint density at radius 2 is 2.14 bits per heavy atom. The fourth-order valence-electron chi connectivity index (χ4n) is 1.10. The van der Waals surface area contributed by atoms with Crippen LogP contribution < -0.4 is 0 Å². The van der Waals surface area contributed by atoms with Gasteiger partial charge in [-0.1, -0.05) is 37.6 Å². The molecule has 0 heterocycles. The molecule has 1 atom stereocenters. The van der Waals surface area contributed by atoms with Crippen molar-refractivity contribution in [1.29, 1.82) is 0 Å². The van der Waals surface area contributed by atoms with E-state index in [0.29, 0.717) is 18.6 Å². The lowest BCUT2D eigenvalue weighted by Crippen LogP contribution is -2.01. The lowest BCUT2D eigenvalue weighted by molar-refractivity contribution is -0.119. The third-order valence-corrected chi connectivity index (χ3v) is 2.04. The van der Waals surface area contributed by atoms with E-state index in [1.54, 1.807) is 6.08 Å². The second-order valence-corrected chi connectivity index (χ2v) is 3.56. The third-order valence-electron chi connectivity index (χ3n) is 2.04. The zero-order chi connectivity index (χ0) is 11.0. The van der Waals surface area contributed by atoms with Gasteiger partial charge in [0.2, 0.25) is 0 Å². The average molecular weight is 196 g/mol. The minimum atomic E-state index is 0.0679. The number of carbonyl (C=O) groups excluding carboxylic acids is 1. The Hall–Kier alpha value is -0.890. The molecule has 0 amide bonds. The van der Waals surface area contributed by atoms with Gasteiger partial charge in [-0.05, 0) is 12.8 Å². The number of ketones is 1. The summed E-state index contributed by atoms with van der Waals surface area (Å²) in [7, 11) is 0. The Kier molecular flexibility index (Phi) is 7.03. The highest BCUT2D eigenvalue weighted by atomic mass is 16.2. The highest BCUT2D eigenvalue weighted by Gasteiger charge is 2.03. The van der Waals surface area contributed by atoms with Gasteiger partial charge in [0.25, 0.3) is 0 Å². The molecule has 2 heteroatoms. The van der Waals surface area contributed by atoms with Gasteiger partial charge in [0, 0.05) is 12.8 Å². The van der Waals surface area contributed by atoms with E-state index < -0.39 is 0 Å². The van der Waals surface area contributed by atoms with E-state index in [9.17, 15) is 4.79 Å². The number of rotatable bonds is 6. The van der Waals surface area contributed by atoms with Crippen molar-refractivity contribution >= 4 is 5.78 Å². The van der Waals surface area contributed by atoms with Crippen LogP contribution in [0, 0.1) is 5.92 Å². The first-order chi connectivity index (χ1) is 6.60. The summed E-state index contributed by atoms with van der Waals surface area (Å²) in [5.41, 5.74) is 1.03. The summed E-state index contributed by atoms with van der Waals surface area (Å²) in [5, 5.41) is 8.62. The molecule has 0 aromatic heterocycles. The van der Waals surface area contributed by atoms with Crippen molar-refractivity contribution in [2.24, 2.45) is 5.92 Å². The van der Waals surface area contributed by atoms with Crippen LogP contribution in [-0.4, -0.2) is 17.5 Å². The van der Waals surface area contributed by atoms with Gasteiger partial charge in [0.05, 0.1) is 6.61 Å². The number of hydrogen-bond acceptors (Lipinski definition) is 2. The molecule has 0 aromatic rings. The van der Waals surface area contributed by atoms with Crippen molar-refractivity contribution in [2.45, 2.75) is 33.6 Å². The predicted octanol–water partition coefficient (Wildman–Crippen LogP) is 2.49. The van der Waals surface area contributed by atoms with Gasteiger partial charge in [0.1, 0.15) is 5.78 Å². The molecule has 1 N–H and O–H groups in total. The number of hydrogen-bond donors (Lipinski definition) is 1. The summed E-state index contributed by atoms with van der Waals surface area (Å²) in [5.74, 6) is 0.579. The second kappa shape index (κ2) is 7.51. The minimum Gasteiger partial charge on any atom is -0.392 e. The maximum absolute atomic E-state index is 11.1. The number of aliphatic hydroxyl groups excluding tert-OH is 1. The summed E-state index contributed by atoms with van der Waals surface area (Å²) in [6, 6.07) is 0. The Labute approximate surface area is 86.3 Å². The van der Waals surface area contributed by atoms with E-state index in [1.165, 1.54) is 0 Å². The molecule has 2 nitrogen and oxygen atoms in total. The van der Waals surface area contributed by atoms with E-state index in [0.717, 1.165) is 5.57 Å². The molecule has 0 aliphatic carbocycles. The monoisotopic (exact) mass is 196 g/mol. The molecule has 0 bridgehead atoms. The molecule has 0 aliphatic rings. The van der Waals surface area contributed by atoms with Crippen LogP contribution in [0.25, 0.3) is 0 Å². The molecular formula is C12H20O2. The van der Waals surface area contributed by atoms with Crippen molar-refractivity contribution in [3.05, 3.63) is 23.8 Å². The van der Waals surface area contributed by atoms with Gasteiger partial charge in [-0.15, -0.1) is 0 Å². The smallest absolute Gasteiger partial charge is 0.133 e. The number of carbonyl (C=O) groups is 1. The fraction of sp³-hybridized carbons (Fsp3) is 0.583. The Morgan fingerprint density at radius 1 is 1.50 bits per heavy atom. The average Bonchev–Trinajstić information content (AvgIpc) is 2.15. The van der Waals surface area contributed by atoms with Crippen LogP contribution in [0.5, 0.6) is 0 Å². The van der Waals surface area contributed by atoms with Gasteiger partial charge in [0.15, 0.2) is 0 Å². The van der Waals surface area contributed by atoms with E-state index in [1.807, 2.05) is 32.9 Å². The maximum atomic E-state index is 11.1. The summed E-state index contributed by atoms with van der Waals surface area (Å²) in [4.78, 5) is 11.1. The van der Waals surface area contributed by atoms with Crippen molar-refractivity contribution in [1.82, 2.24) is 0 Å². The van der Waals surface area contributed by atoms with Gasteiger partial charge in [-0.2, -0.15) is 0 Å². The van der Waals surface area contributed by atoms with Gasteiger partial charge in [-0.3, -0.25) is 4.79 Å². The van der Waals surface area contributed by atoms with Crippen LogP contribution >= 0.6 is 0 Å². The first-order valence-corrected chi connectivity index (χ1v) is 5.07. The van der Waals surface area contributed by atoms with Crippen LogP contribution in [-0.2, 0) is 4.79 Å². The topological polar surface area (TPSA) is 37.3 Å². The van der Waals surface area contributed by atoms with E-state index in [-0.39, 0.29) is 12.5 Å². The largest absolute Gasteiger partial charge is 0.392 e. The zero-order valence-electron chi connectivity index (χ0n) is 9.29. The van der Waals surface area contributed by atoms with Crippen LogP contribution in [0.4, 0.5) is 0 Å². The van der Waals surface area contributed by atoms with Crippen LogP contribution in [0.1, 0.15) is 33.6 Å². The van der Waals surface area contributed by atoms with E-state index in [2.05, 4.69) is 0 Å². The summed E-state index contributed by atoms with van der Waals surface area (Å²) < 4.78 is 0. The molecule has 0 fully saturated rings. The molecular weight excluding hydrogens is 176 g/mol. The SMILES string of the molecule is CCC(=O)CC(C)/C=C/C(C)=C/CO. The molecule has 0 spiro atoms. The number of allylic oxidation sites excluding steroid dienone is 3. The maximum Gasteiger partial charge on any atom is 0.133 e. The van der Waals surface area contributed by atoms with Gasteiger partial charge >= 0.3 is 0 Å². The molecule has 1 unspecified atom stereocenters. The first kappa shape index (κ1) is 13.1. The Balaban J connectivity index is 3.98. The van der Waals surface area contributed by atoms with Crippen LogP contribution in [0.15, 0.2) is 23.8 Å². The van der Waals surface area contributed by atoms with Crippen molar-refractivity contribution in [3.8, 4) is 0 Å². The first-order valence-electron chi connectivity index (χ1n) is 5.07. The standard InChI is InChI=1S/C12H20O2/c1-4-12(14)9-11(3)6-5-10(2)7-8-13/h5-7,11,13H,4,8-9H2,1-3H3/b6-5+,10-7+. The molecule has 0 rings (SSSR count). The summed E-state index contributed by atoms with van der Waals surface area (Å²) in [6.45, 7) is 5.91. The highest BCUT2D eigenvalue weighted by molar-refractivity contribution is 5.78. The lowest BCUT2D eigenvalue weighted by atomic mass is 10.0. The third kappa shape index (κ3) is 6.61. The fourth-order valence-corrected chi connectivity index (χ4v) is 1.10. The van der Waals surface area contributed by atoms with Gasteiger partial charge < -0.3 is 5.11 Å². The minimum absolute atomic E-state index is 0.0679. The number of aliphatic hydroxyl groups is 1.